The van der Waals surface area contributed by atoms with E-state index in [-0.39, 0.29) is 11.8 Å². The molecule has 0 heterocycles. The van der Waals surface area contributed by atoms with Gasteiger partial charge in [-0.25, -0.2) is 4.79 Å². The van der Waals surface area contributed by atoms with Crippen molar-refractivity contribution >= 4 is 23.5 Å². The van der Waals surface area contributed by atoms with E-state index in [2.05, 4.69) is 17.2 Å². The van der Waals surface area contributed by atoms with Crippen LogP contribution in [-0.4, -0.2) is 30.1 Å². The fourth-order valence-corrected chi connectivity index (χ4v) is 2.81. The number of carbonyl (C=O) groups is 2. The first-order valence-electron chi connectivity index (χ1n) is 8.59. The molecule has 1 aliphatic carbocycles. The summed E-state index contributed by atoms with van der Waals surface area (Å²) in [4.78, 5) is 22.6. The van der Waals surface area contributed by atoms with Gasteiger partial charge < -0.3 is 15.7 Å². The third kappa shape index (κ3) is 8.59. The van der Waals surface area contributed by atoms with E-state index < -0.39 is 5.97 Å². The summed E-state index contributed by atoms with van der Waals surface area (Å²) in [6.07, 6.45) is 11.4. The first kappa shape index (κ1) is 21.0. The molecule has 25 heavy (non-hydrogen) atoms. The molecule has 5 nitrogen and oxygen atoms in total. The molecule has 0 saturated heterocycles. The first-order chi connectivity index (χ1) is 11.9. The molecule has 0 aromatic heterocycles. The van der Waals surface area contributed by atoms with Crippen molar-refractivity contribution in [2.45, 2.75) is 39.0 Å². The Morgan fingerprint density at radius 3 is 2.40 bits per heavy atom. The van der Waals surface area contributed by atoms with Crippen LogP contribution >= 0.6 is 11.6 Å². The van der Waals surface area contributed by atoms with Gasteiger partial charge in [0.25, 0.3) is 0 Å². The summed E-state index contributed by atoms with van der Waals surface area (Å²) >= 11 is 6.17. The Bertz CT molecular complexity index is 573. The number of allylic oxidation sites excluding steroid dienone is 5. The summed E-state index contributed by atoms with van der Waals surface area (Å²) in [6.45, 7) is 6.68. The number of rotatable bonds is 9. The average molecular weight is 367 g/mol. The minimum atomic E-state index is -1.02. The van der Waals surface area contributed by atoms with Gasteiger partial charge in [-0.05, 0) is 37.5 Å². The molecule has 1 amide bonds. The number of carbonyl (C=O) groups excluding carboxylic acids is 1. The van der Waals surface area contributed by atoms with Crippen LogP contribution in [0.5, 0.6) is 0 Å². The molecule has 0 radical (unpaired) electrons. The minimum Gasteiger partial charge on any atom is -0.478 e. The summed E-state index contributed by atoms with van der Waals surface area (Å²) in [5, 5.41) is 15.0. The highest BCUT2D eigenvalue weighted by atomic mass is 35.5. The summed E-state index contributed by atoms with van der Waals surface area (Å²) < 4.78 is 0. The van der Waals surface area contributed by atoms with Gasteiger partial charge in [0, 0.05) is 30.8 Å². The third-order valence-corrected chi connectivity index (χ3v) is 4.41. The van der Waals surface area contributed by atoms with Crippen LogP contribution in [0.25, 0.3) is 0 Å². The average Bonchev–Trinajstić information content (AvgIpc) is 2.62. The van der Waals surface area contributed by atoms with Crippen molar-refractivity contribution in [1.82, 2.24) is 10.6 Å². The lowest BCUT2D eigenvalue weighted by molar-refractivity contribution is -0.131. The summed E-state index contributed by atoms with van der Waals surface area (Å²) in [6, 6.07) is 0. The van der Waals surface area contributed by atoms with E-state index in [4.69, 9.17) is 16.7 Å². The van der Waals surface area contributed by atoms with Gasteiger partial charge in [-0.1, -0.05) is 43.5 Å². The van der Waals surface area contributed by atoms with Crippen LogP contribution in [0.15, 0.2) is 47.2 Å². The van der Waals surface area contributed by atoms with Gasteiger partial charge in [-0.15, -0.1) is 0 Å². The van der Waals surface area contributed by atoms with Crippen LogP contribution in [0.2, 0.25) is 0 Å². The fraction of sp³-hybridized carbons (Fsp3) is 0.474. The molecule has 0 aromatic rings. The van der Waals surface area contributed by atoms with E-state index in [9.17, 15) is 9.59 Å². The van der Waals surface area contributed by atoms with Gasteiger partial charge >= 0.3 is 5.97 Å². The van der Waals surface area contributed by atoms with E-state index in [0.717, 1.165) is 31.8 Å². The van der Waals surface area contributed by atoms with E-state index >= 15 is 0 Å². The second-order valence-electron chi connectivity index (χ2n) is 5.98. The van der Waals surface area contributed by atoms with Gasteiger partial charge in [0.2, 0.25) is 5.91 Å². The maximum absolute atomic E-state index is 12.0. The third-order valence-electron chi connectivity index (χ3n) is 4.07. The topological polar surface area (TPSA) is 78.4 Å². The summed E-state index contributed by atoms with van der Waals surface area (Å²) in [7, 11) is 0. The van der Waals surface area contributed by atoms with Crippen LogP contribution < -0.4 is 10.6 Å². The molecule has 138 valence electrons. The Morgan fingerprint density at radius 2 is 1.80 bits per heavy atom. The smallest absolute Gasteiger partial charge is 0.328 e. The molecule has 0 aromatic carbocycles. The van der Waals surface area contributed by atoms with Crippen molar-refractivity contribution in [2.24, 2.45) is 5.92 Å². The number of hydrogen-bond donors (Lipinski definition) is 3. The van der Waals surface area contributed by atoms with E-state index in [1.54, 1.807) is 19.1 Å². The Labute approximate surface area is 154 Å². The molecule has 1 aliphatic rings. The maximum atomic E-state index is 12.0. The molecule has 0 spiro atoms. The van der Waals surface area contributed by atoms with Gasteiger partial charge in [0.05, 0.1) is 5.03 Å². The molecule has 3 N–H and O–H groups in total. The number of halogens is 1. The Kier molecular flexibility index (Phi) is 9.70. The second kappa shape index (κ2) is 11.5. The lowest BCUT2D eigenvalue weighted by atomic mass is 9.89. The maximum Gasteiger partial charge on any atom is 0.328 e. The zero-order valence-electron chi connectivity index (χ0n) is 14.7. The van der Waals surface area contributed by atoms with Crippen LogP contribution in [0.4, 0.5) is 0 Å². The standard InChI is InChI=1S/C19H27ClN2O3/c1-3-15(9-10-18(23)24)13-17(20)14(2)21-11-12-22-19(25)16-7-5-4-6-8-16/h3,9-10,13,16,21H,2,4-8,11-12H2,1H3,(H,22,25)(H,23,24)/b10-9+,15-3-,17-13+. The van der Waals surface area contributed by atoms with Gasteiger partial charge in [0.15, 0.2) is 0 Å². The number of hydrogen-bond acceptors (Lipinski definition) is 3. The van der Waals surface area contributed by atoms with Crippen molar-refractivity contribution in [3.63, 3.8) is 0 Å². The Morgan fingerprint density at radius 1 is 1.16 bits per heavy atom. The first-order valence-corrected chi connectivity index (χ1v) is 8.97. The largest absolute Gasteiger partial charge is 0.478 e. The number of amides is 1. The van der Waals surface area contributed by atoms with Crippen molar-refractivity contribution in [1.29, 1.82) is 0 Å². The lowest BCUT2D eigenvalue weighted by Crippen LogP contribution is -2.36. The highest BCUT2D eigenvalue weighted by molar-refractivity contribution is 6.32. The van der Waals surface area contributed by atoms with Crippen LogP contribution in [0.1, 0.15) is 39.0 Å². The van der Waals surface area contributed by atoms with E-state index in [0.29, 0.717) is 29.4 Å². The summed E-state index contributed by atoms with van der Waals surface area (Å²) in [5.41, 5.74) is 1.19. The zero-order chi connectivity index (χ0) is 18.7. The lowest BCUT2D eigenvalue weighted by Gasteiger charge is -2.20. The predicted octanol–water partition coefficient (Wildman–Crippen LogP) is 3.50. The van der Waals surface area contributed by atoms with E-state index in [1.807, 2.05) is 0 Å². The molecule has 0 bridgehead atoms. The number of aliphatic carboxylic acids is 1. The Hall–Kier alpha value is -2.01. The predicted molar refractivity (Wildman–Crippen MR) is 101 cm³/mol. The van der Waals surface area contributed by atoms with Crippen molar-refractivity contribution in [3.05, 3.63) is 47.2 Å². The van der Waals surface area contributed by atoms with Crippen LogP contribution in [0.3, 0.4) is 0 Å². The number of nitrogens with one attached hydrogen (secondary N) is 2. The molecule has 6 heteroatoms. The molecule has 0 unspecified atom stereocenters. The minimum absolute atomic E-state index is 0.128. The van der Waals surface area contributed by atoms with Crippen molar-refractivity contribution < 1.29 is 14.7 Å². The van der Waals surface area contributed by atoms with Crippen LogP contribution in [0, 0.1) is 5.92 Å². The van der Waals surface area contributed by atoms with Gasteiger partial charge in [-0.3, -0.25) is 4.79 Å². The number of carboxylic acid groups (broad SMARTS) is 1. The van der Waals surface area contributed by atoms with Crippen LogP contribution in [-0.2, 0) is 9.59 Å². The molecule has 0 aliphatic heterocycles. The normalized spacial score (nSPS) is 16.7. The highest BCUT2D eigenvalue weighted by Gasteiger charge is 2.20. The SMILES string of the molecule is C=C(NCCNC(=O)C1CCCCC1)\C(Cl)=C/C(=C\C)/C=C/C(=O)O. The molecule has 0 atom stereocenters. The molecular formula is C19H27ClN2O3. The zero-order valence-corrected chi connectivity index (χ0v) is 15.4. The van der Waals surface area contributed by atoms with Gasteiger partial charge in [-0.2, -0.15) is 0 Å². The quantitative estimate of drug-likeness (QED) is 0.331. The summed E-state index contributed by atoms with van der Waals surface area (Å²) in [5.74, 6) is -0.739. The van der Waals surface area contributed by atoms with Gasteiger partial charge in [0.1, 0.15) is 0 Å². The number of carboxylic acids is 1. The fourth-order valence-electron chi connectivity index (χ4n) is 2.62. The highest BCUT2D eigenvalue weighted by Crippen LogP contribution is 2.23. The van der Waals surface area contributed by atoms with Crippen molar-refractivity contribution in [2.75, 3.05) is 13.1 Å². The van der Waals surface area contributed by atoms with E-state index in [1.165, 1.54) is 12.5 Å². The second-order valence-corrected chi connectivity index (χ2v) is 6.39. The molecule has 1 rings (SSSR count). The molecule has 1 saturated carbocycles. The Balaban J connectivity index is 2.36. The van der Waals surface area contributed by atoms with Crippen molar-refractivity contribution in [3.8, 4) is 0 Å². The molecule has 1 fully saturated rings. The monoisotopic (exact) mass is 366 g/mol. The molecular weight excluding hydrogens is 340 g/mol.